The van der Waals surface area contributed by atoms with Gasteiger partial charge in [0.05, 0.1) is 0 Å². The van der Waals surface area contributed by atoms with Crippen LogP contribution < -0.4 is 5.32 Å². The van der Waals surface area contributed by atoms with E-state index in [4.69, 9.17) is 0 Å². The monoisotopic (exact) mass is 198 g/mol. The topological polar surface area (TPSA) is 32.3 Å². The number of nitrogens with one attached hydrogen (secondary N) is 1. The zero-order chi connectivity index (χ0) is 10.2. The Morgan fingerprint density at radius 1 is 1.29 bits per heavy atom. The van der Waals surface area contributed by atoms with Crippen LogP contribution in [0.15, 0.2) is 0 Å². The maximum absolute atomic E-state index is 11.2. The number of carbonyl (C=O) groups excluding carboxylic acids is 1. The van der Waals surface area contributed by atoms with Crippen LogP contribution in [0.3, 0.4) is 0 Å². The molecule has 1 aliphatic heterocycles. The quantitative estimate of drug-likeness (QED) is 0.724. The SMILES string of the molecule is CCCC(=O)NCCN1CCCCC1. The molecule has 0 aromatic rings. The number of hydrogen-bond acceptors (Lipinski definition) is 2. The van der Waals surface area contributed by atoms with Gasteiger partial charge in [0, 0.05) is 19.5 Å². The van der Waals surface area contributed by atoms with Crippen LogP contribution in [0, 0.1) is 0 Å². The molecule has 0 bridgehead atoms. The van der Waals surface area contributed by atoms with Gasteiger partial charge in [-0.25, -0.2) is 0 Å². The average Bonchev–Trinajstić information content (AvgIpc) is 2.20. The molecule has 1 N–H and O–H groups in total. The zero-order valence-corrected chi connectivity index (χ0v) is 9.22. The molecule has 1 fully saturated rings. The highest BCUT2D eigenvalue weighted by atomic mass is 16.1. The van der Waals surface area contributed by atoms with Crippen molar-refractivity contribution in [3.05, 3.63) is 0 Å². The second-order valence-electron chi connectivity index (χ2n) is 4.00. The molecule has 0 spiro atoms. The van der Waals surface area contributed by atoms with Crippen LogP contribution in [0.5, 0.6) is 0 Å². The van der Waals surface area contributed by atoms with Gasteiger partial charge in [0.2, 0.25) is 5.91 Å². The molecule has 14 heavy (non-hydrogen) atoms. The molecular weight excluding hydrogens is 176 g/mol. The lowest BCUT2D eigenvalue weighted by Crippen LogP contribution is -2.37. The molecule has 0 unspecified atom stereocenters. The Labute approximate surface area is 86.9 Å². The zero-order valence-electron chi connectivity index (χ0n) is 9.22. The minimum absolute atomic E-state index is 0.199. The largest absolute Gasteiger partial charge is 0.355 e. The summed E-state index contributed by atoms with van der Waals surface area (Å²) in [6.07, 6.45) is 5.63. The van der Waals surface area contributed by atoms with E-state index in [-0.39, 0.29) is 5.91 Å². The Morgan fingerprint density at radius 3 is 2.64 bits per heavy atom. The number of carbonyl (C=O) groups is 1. The Morgan fingerprint density at radius 2 is 2.00 bits per heavy atom. The number of hydrogen-bond donors (Lipinski definition) is 1. The number of piperidine rings is 1. The van der Waals surface area contributed by atoms with E-state index in [9.17, 15) is 4.79 Å². The fraction of sp³-hybridized carbons (Fsp3) is 0.909. The number of amides is 1. The molecule has 1 rings (SSSR count). The van der Waals surface area contributed by atoms with Gasteiger partial charge >= 0.3 is 0 Å². The standard InChI is InChI=1S/C11H22N2O/c1-2-6-11(14)12-7-10-13-8-4-3-5-9-13/h2-10H2,1H3,(H,12,14). The van der Waals surface area contributed by atoms with Crippen molar-refractivity contribution < 1.29 is 4.79 Å². The Bertz CT molecular complexity index is 165. The fourth-order valence-electron chi connectivity index (χ4n) is 1.85. The van der Waals surface area contributed by atoms with Crippen molar-refractivity contribution in [2.75, 3.05) is 26.2 Å². The van der Waals surface area contributed by atoms with Crippen LogP contribution in [-0.4, -0.2) is 37.0 Å². The van der Waals surface area contributed by atoms with Crippen molar-refractivity contribution in [1.29, 1.82) is 0 Å². The van der Waals surface area contributed by atoms with Crippen molar-refractivity contribution in [3.8, 4) is 0 Å². The molecule has 0 atom stereocenters. The third-order valence-electron chi connectivity index (χ3n) is 2.68. The number of rotatable bonds is 5. The van der Waals surface area contributed by atoms with Crippen molar-refractivity contribution >= 4 is 5.91 Å². The summed E-state index contributed by atoms with van der Waals surface area (Å²) in [5.74, 6) is 0.199. The lowest BCUT2D eigenvalue weighted by atomic mass is 10.1. The second-order valence-corrected chi connectivity index (χ2v) is 4.00. The molecule has 3 nitrogen and oxygen atoms in total. The lowest BCUT2D eigenvalue weighted by molar-refractivity contribution is -0.121. The van der Waals surface area contributed by atoms with E-state index in [1.807, 2.05) is 6.92 Å². The van der Waals surface area contributed by atoms with Gasteiger partial charge in [0.15, 0.2) is 0 Å². The van der Waals surface area contributed by atoms with Gasteiger partial charge in [-0.1, -0.05) is 13.3 Å². The molecule has 1 heterocycles. The third kappa shape index (κ3) is 4.61. The molecule has 0 aromatic carbocycles. The van der Waals surface area contributed by atoms with Gasteiger partial charge in [0.1, 0.15) is 0 Å². The van der Waals surface area contributed by atoms with Gasteiger partial charge in [-0.15, -0.1) is 0 Å². The first-order valence-corrected chi connectivity index (χ1v) is 5.82. The maximum Gasteiger partial charge on any atom is 0.220 e. The molecule has 3 heteroatoms. The van der Waals surface area contributed by atoms with E-state index < -0.39 is 0 Å². The summed E-state index contributed by atoms with van der Waals surface area (Å²) >= 11 is 0. The smallest absolute Gasteiger partial charge is 0.220 e. The molecule has 1 aliphatic rings. The number of nitrogens with zero attached hydrogens (tertiary/aromatic N) is 1. The molecule has 82 valence electrons. The van der Waals surface area contributed by atoms with Crippen LogP contribution in [0.1, 0.15) is 39.0 Å². The highest BCUT2D eigenvalue weighted by Gasteiger charge is 2.09. The van der Waals surface area contributed by atoms with E-state index in [1.54, 1.807) is 0 Å². The highest BCUT2D eigenvalue weighted by Crippen LogP contribution is 2.07. The second kappa shape index (κ2) is 6.82. The fourth-order valence-corrected chi connectivity index (χ4v) is 1.85. The van der Waals surface area contributed by atoms with Crippen molar-refractivity contribution in [2.24, 2.45) is 0 Å². The molecule has 0 radical (unpaired) electrons. The molecule has 0 saturated carbocycles. The van der Waals surface area contributed by atoms with E-state index in [2.05, 4.69) is 10.2 Å². The molecule has 0 aliphatic carbocycles. The Balaban J connectivity index is 1.99. The van der Waals surface area contributed by atoms with E-state index in [0.717, 1.165) is 19.5 Å². The third-order valence-corrected chi connectivity index (χ3v) is 2.68. The van der Waals surface area contributed by atoms with Crippen LogP contribution in [-0.2, 0) is 4.79 Å². The first-order chi connectivity index (χ1) is 6.83. The highest BCUT2D eigenvalue weighted by molar-refractivity contribution is 5.75. The molecule has 1 amide bonds. The van der Waals surface area contributed by atoms with Crippen LogP contribution >= 0.6 is 0 Å². The van der Waals surface area contributed by atoms with E-state index >= 15 is 0 Å². The van der Waals surface area contributed by atoms with Crippen molar-refractivity contribution in [3.63, 3.8) is 0 Å². The van der Waals surface area contributed by atoms with Crippen molar-refractivity contribution in [1.82, 2.24) is 10.2 Å². The summed E-state index contributed by atoms with van der Waals surface area (Å²) < 4.78 is 0. The van der Waals surface area contributed by atoms with Gasteiger partial charge in [-0.2, -0.15) is 0 Å². The maximum atomic E-state index is 11.2. The summed E-state index contributed by atoms with van der Waals surface area (Å²) in [6.45, 7) is 6.30. The molecular formula is C11H22N2O. The summed E-state index contributed by atoms with van der Waals surface area (Å²) in [6, 6.07) is 0. The van der Waals surface area contributed by atoms with Gasteiger partial charge in [-0.05, 0) is 32.4 Å². The van der Waals surface area contributed by atoms with Crippen LogP contribution in [0.25, 0.3) is 0 Å². The predicted molar refractivity (Wildman–Crippen MR) is 58.2 cm³/mol. The van der Waals surface area contributed by atoms with Gasteiger partial charge < -0.3 is 10.2 Å². The van der Waals surface area contributed by atoms with E-state index in [1.165, 1.54) is 32.4 Å². The van der Waals surface area contributed by atoms with Crippen LogP contribution in [0.2, 0.25) is 0 Å². The molecule has 1 saturated heterocycles. The first kappa shape index (κ1) is 11.5. The minimum atomic E-state index is 0.199. The Kier molecular flexibility index (Phi) is 5.60. The summed E-state index contributed by atoms with van der Waals surface area (Å²) in [7, 11) is 0. The van der Waals surface area contributed by atoms with Crippen molar-refractivity contribution in [2.45, 2.75) is 39.0 Å². The van der Waals surface area contributed by atoms with Gasteiger partial charge in [-0.3, -0.25) is 4.79 Å². The van der Waals surface area contributed by atoms with E-state index in [0.29, 0.717) is 6.42 Å². The number of likely N-dealkylation sites (tertiary alicyclic amines) is 1. The summed E-state index contributed by atoms with van der Waals surface area (Å²) in [5.41, 5.74) is 0. The van der Waals surface area contributed by atoms with Crippen LogP contribution in [0.4, 0.5) is 0 Å². The average molecular weight is 198 g/mol. The predicted octanol–water partition coefficient (Wildman–Crippen LogP) is 1.39. The van der Waals surface area contributed by atoms with Gasteiger partial charge in [0.25, 0.3) is 0 Å². The molecule has 0 aromatic heterocycles. The minimum Gasteiger partial charge on any atom is -0.355 e. The normalized spacial score (nSPS) is 18.1. The summed E-state index contributed by atoms with van der Waals surface area (Å²) in [5, 5.41) is 2.95. The first-order valence-electron chi connectivity index (χ1n) is 5.82. The lowest BCUT2D eigenvalue weighted by Gasteiger charge is -2.26. The Hall–Kier alpha value is -0.570. The summed E-state index contributed by atoms with van der Waals surface area (Å²) in [4.78, 5) is 13.6.